The monoisotopic (exact) mass is 307 g/mol. The Kier molecular flexibility index (Phi) is 4.22. The Morgan fingerprint density at radius 3 is 2.14 bits per heavy atom. The van der Waals surface area contributed by atoms with E-state index in [-0.39, 0.29) is 5.78 Å². The minimum absolute atomic E-state index is 0.00216. The second-order valence-corrected chi connectivity index (χ2v) is 5.31. The fourth-order valence-electron chi connectivity index (χ4n) is 2.22. The number of hydrogen-bond acceptors (Lipinski definition) is 2. The molecule has 0 aromatic heterocycles. The van der Waals surface area contributed by atoms with Crippen molar-refractivity contribution in [3.63, 3.8) is 0 Å². The topological polar surface area (TPSA) is 29.1 Å². The van der Waals surface area contributed by atoms with Crippen molar-refractivity contribution >= 4 is 28.8 Å². The van der Waals surface area contributed by atoms with Crippen LogP contribution in [-0.4, -0.2) is 5.78 Å². The van der Waals surface area contributed by atoms with Crippen LogP contribution in [0.4, 0.5) is 11.4 Å². The summed E-state index contributed by atoms with van der Waals surface area (Å²) in [5.41, 5.74) is 2.98. The van der Waals surface area contributed by atoms with Gasteiger partial charge in [-0.25, -0.2) is 0 Å². The van der Waals surface area contributed by atoms with E-state index < -0.39 is 0 Å². The largest absolute Gasteiger partial charge is 0.355 e. The number of para-hydroxylation sites is 1. The van der Waals surface area contributed by atoms with Crippen molar-refractivity contribution in [3.05, 3.63) is 95.0 Å². The zero-order valence-electron chi connectivity index (χ0n) is 11.8. The Labute approximate surface area is 134 Å². The van der Waals surface area contributed by atoms with Crippen molar-refractivity contribution in [1.29, 1.82) is 0 Å². The average molecular weight is 308 g/mol. The van der Waals surface area contributed by atoms with Crippen LogP contribution in [0.2, 0.25) is 5.02 Å². The molecule has 0 saturated carbocycles. The first-order valence-corrected chi connectivity index (χ1v) is 7.33. The highest BCUT2D eigenvalue weighted by Crippen LogP contribution is 2.24. The number of carbonyl (C=O) groups is 1. The fourth-order valence-corrected chi connectivity index (χ4v) is 2.35. The SMILES string of the molecule is O=C(c1ccccc1)c1ccccc1Nc1ccc(Cl)cc1. The lowest BCUT2D eigenvalue weighted by molar-refractivity contribution is 0.103. The highest BCUT2D eigenvalue weighted by molar-refractivity contribution is 6.30. The molecule has 22 heavy (non-hydrogen) atoms. The summed E-state index contributed by atoms with van der Waals surface area (Å²) in [6.07, 6.45) is 0. The van der Waals surface area contributed by atoms with Gasteiger partial charge in [-0.05, 0) is 36.4 Å². The van der Waals surface area contributed by atoms with Crippen LogP contribution in [0.5, 0.6) is 0 Å². The number of halogens is 1. The van der Waals surface area contributed by atoms with Crippen molar-refractivity contribution < 1.29 is 4.79 Å². The van der Waals surface area contributed by atoms with Crippen LogP contribution in [0.25, 0.3) is 0 Å². The number of hydrogen-bond donors (Lipinski definition) is 1. The standard InChI is InChI=1S/C19H14ClNO/c20-15-10-12-16(13-11-15)21-18-9-5-4-8-17(18)19(22)14-6-2-1-3-7-14/h1-13,21H. The third-order valence-corrected chi connectivity index (χ3v) is 3.58. The second-order valence-electron chi connectivity index (χ2n) is 4.87. The lowest BCUT2D eigenvalue weighted by Crippen LogP contribution is -2.05. The maximum atomic E-state index is 12.7. The van der Waals surface area contributed by atoms with Crippen LogP contribution >= 0.6 is 11.6 Å². The molecular weight excluding hydrogens is 294 g/mol. The Morgan fingerprint density at radius 2 is 1.41 bits per heavy atom. The molecule has 3 heteroatoms. The summed E-state index contributed by atoms with van der Waals surface area (Å²) in [6.45, 7) is 0. The van der Waals surface area contributed by atoms with E-state index >= 15 is 0 Å². The van der Waals surface area contributed by atoms with E-state index in [1.54, 1.807) is 0 Å². The Morgan fingerprint density at radius 1 is 0.773 bits per heavy atom. The van der Waals surface area contributed by atoms with Crippen LogP contribution in [0, 0.1) is 0 Å². The van der Waals surface area contributed by atoms with Gasteiger partial charge in [0.2, 0.25) is 0 Å². The lowest BCUT2D eigenvalue weighted by atomic mass is 10.0. The van der Waals surface area contributed by atoms with E-state index in [9.17, 15) is 4.79 Å². The molecule has 0 aliphatic rings. The molecular formula is C19H14ClNO. The molecule has 0 heterocycles. The predicted octanol–water partition coefficient (Wildman–Crippen LogP) is 5.31. The van der Waals surface area contributed by atoms with Gasteiger partial charge in [-0.1, -0.05) is 54.1 Å². The second kappa shape index (κ2) is 6.46. The van der Waals surface area contributed by atoms with Gasteiger partial charge >= 0.3 is 0 Å². The van der Waals surface area contributed by atoms with E-state index in [0.29, 0.717) is 16.1 Å². The van der Waals surface area contributed by atoms with Crippen molar-refractivity contribution in [1.82, 2.24) is 0 Å². The molecule has 0 unspecified atom stereocenters. The van der Waals surface area contributed by atoms with Gasteiger partial charge in [0.05, 0.1) is 0 Å². The Hall–Kier alpha value is -2.58. The van der Waals surface area contributed by atoms with Gasteiger partial charge in [0.25, 0.3) is 0 Å². The highest BCUT2D eigenvalue weighted by Gasteiger charge is 2.12. The summed E-state index contributed by atoms with van der Waals surface area (Å²) in [6, 6.07) is 24.1. The molecule has 0 aliphatic heterocycles. The molecule has 2 nitrogen and oxygen atoms in total. The maximum Gasteiger partial charge on any atom is 0.195 e. The summed E-state index contributed by atoms with van der Waals surface area (Å²) >= 11 is 5.89. The molecule has 0 bridgehead atoms. The van der Waals surface area contributed by atoms with E-state index in [4.69, 9.17) is 11.6 Å². The van der Waals surface area contributed by atoms with E-state index in [1.165, 1.54) is 0 Å². The fraction of sp³-hybridized carbons (Fsp3) is 0. The maximum absolute atomic E-state index is 12.7. The Balaban J connectivity index is 1.93. The van der Waals surface area contributed by atoms with Gasteiger partial charge in [0, 0.05) is 27.5 Å². The molecule has 0 fully saturated rings. The number of carbonyl (C=O) groups excluding carboxylic acids is 1. The third-order valence-electron chi connectivity index (χ3n) is 3.33. The van der Waals surface area contributed by atoms with Gasteiger partial charge < -0.3 is 5.32 Å². The van der Waals surface area contributed by atoms with Crippen LogP contribution in [-0.2, 0) is 0 Å². The summed E-state index contributed by atoms with van der Waals surface area (Å²) in [5, 5.41) is 3.95. The first-order chi connectivity index (χ1) is 10.7. The molecule has 1 N–H and O–H groups in total. The number of benzene rings is 3. The minimum Gasteiger partial charge on any atom is -0.355 e. The van der Waals surface area contributed by atoms with Crippen molar-refractivity contribution in [2.24, 2.45) is 0 Å². The number of nitrogens with one attached hydrogen (secondary N) is 1. The molecule has 3 aromatic rings. The summed E-state index contributed by atoms with van der Waals surface area (Å²) in [5.74, 6) is -0.00216. The first-order valence-electron chi connectivity index (χ1n) is 6.95. The highest BCUT2D eigenvalue weighted by atomic mass is 35.5. The van der Waals surface area contributed by atoms with Crippen LogP contribution in [0.15, 0.2) is 78.9 Å². The van der Waals surface area contributed by atoms with E-state index in [2.05, 4.69) is 5.32 Å². The molecule has 0 atom stereocenters. The number of rotatable bonds is 4. The minimum atomic E-state index is -0.00216. The van der Waals surface area contributed by atoms with Gasteiger partial charge in [-0.2, -0.15) is 0 Å². The summed E-state index contributed by atoms with van der Waals surface area (Å²) < 4.78 is 0. The molecule has 0 aliphatic carbocycles. The quantitative estimate of drug-likeness (QED) is 0.661. The van der Waals surface area contributed by atoms with Crippen molar-refractivity contribution in [2.75, 3.05) is 5.32 Å². The van der Waals surface area contributed by atoms with E-state index in [0.717, 1.165) is 11.4 Å². The third kappa shape index (κ3) is 3.18. The molecule has 0 spiro atoms. The molecule has 3 rings (SSSR count). The van der Waals surface area contributed by atoms with Crippen LogP contribution in [0.3, 0.4) is 0 Å². The van der Waals surface area contributed by atoms with Crippen molar-refractivity contribution in [2.45, 2.75) is 0 Å². The molecule has 0 radical (unpaired) electrons. The lowest BCUT2D eigenvalue weighted by Gasteiger charge is -2.11. The Bertz CT molecular complexity index is 782. The zero-order valence-corrected chi connectivity index (χ0v) is 12.5. The van der Waals surface area contributed by atoms with Crippen molar-refractivity contribution in [3.8, 4) is 0 Å². The van der Waals surface area contributed by atoms with Crippen LogP contribution in [0.1, 0.15) is 15.9 Å². The summed E-state index contributed by atoms with van der Waals surface area (Å²) in [7, 11) is 0. The van der Waals surface area contributed by atoms with E-state index in [1.807, 2.05) is 78.9 Å². The zero-order chi connectivity index (χ0) is 15.4. The summed E-state index contributed by atoms with van der Waals surface area (Å²) in [4.78, 5) is 12.7. The molecule has 3 aromatic carbocycles. The van der Waals surface area contributed by atoms with Gasteiger partial charge in [-0.3, -0.25) is 4.79 Å². The van der Waals surface area contributed by atoms with Gasteiger partial charge in [-0.15, -0.1) is 0 Å². The predicted molar refractivity (Wildman–Crippen MR) is 91.1 cm³/mol. The van der Waals surface area contributed by atoms with Gasteiger partial charge in [0.1, 0.15) is 0 Å². The first kappa shape index (κ1) is 14.4. The molecule has 108 valence electrons. The van der Waals surface area contributed by atoms with Gasteiger partial charge in [0.15, 0.2) is 5.78 Å². The average Bonchev–Trinajstić information content (AvgIpc) is 2.58. The normalized spacial score (nSPS) is 10.2. The number of anilines is 2. The smallest absolute Gasteiger partial charge is 0.195 e. The molecule has 0 saturated heterocycles. The number of ketones is 1. The molecule has 0 amide bonds. The van der Waals surface area contributed by atoms with Crippen LogP contribution < -0.4 is 5.32 Å².